The minimum absolute atomic E-state index is 0. The number of nitrogens with zero attached hydrogens (tertiary/aromatic N) is 32. The van der Waals surface area contributed by atoms with E-state index in [4.69, 9.17) is 52.5 Å². The van der Waals surface area contributed by atoms with E-state index in [0.29, 0.717) is 12.4 Å². The Labute approximate surface area is 617 Å². The number of rotatable bonds is 34. The Hall–Kier alpha value is 2.08. The second kappa shape index (κ2) is 43.2. The standard InChI is InChI=1S/C26H74N16P5.C23H69N16P5.C3H5Cl.HI/c1-25-26-42(24)47(40(20)21,41(22)23)30-43(27-44(31(2)3,32(4)5)33(6)7,28-45(34(8)9,35(10)11)36(12)13)29-46(37(14)15,38(16)17)39(18)19;1-24-41(29(2)3,30(4)5)25-40(26-42(31(6)7,32(8)9)33(10)11,27-43(34(12)13,35(14)15)36(16)17)28-44(37(18)19,38(20)21)39(22)23;1-2-3-4;/h25H,1,26H2,2-24H3;1-23H3;2H,1,3H2;1H/q+1;;;/p-1. The highest BCUT2D eigenvalue weighted by atomic mass is 127. The second-order valence-corrected chi connectivity index (χ2v) is 61.9. The zero-order valence-corrected chi connectivity index (χ0v) is 81.4. The molecule has 0 radical (unpaired) electrons. The van der Waals surface area contributed by atoms with E-state index in [1.807, 2.05) is 41.3 Å². The Balaban J connectivity index is -0.000000827. The van der Waals surface area contributed by atoms with Crippen molar-refractivity contribution in [2.24, 2.45) is 40.9 Å². The van der Waals surface area contributed by atoms with E-state index < -0.39 is 75.4 Å². The molecule has 0 bridgehead atoms. The van der Waals surface area contributed by atoms with Crippen LogP contribution in [0, 0.1) is 0 Å². The maximum absolute atomic E-state index is 6.15. The fourth-order valence-corrected chi connectivity index (χ4v) is 59.2. The Bertz CT molecular complexity index is 2500. The van der Waals surface area contributed by atoms with Crippen molar-refractivity contribution in [3.05, 3.63) is 25.3 Å². The monoisotopic (exact) mass is 1690 g/mol. The van der Waals surface area contributed by atoms with E-state index in [9.17, 15) is 0 Å². The van der Waals surface area contributed by atoms with Crippen LogP contribution in [0.1, 0.15) is 0 Å². The first-order chi connectivity index (χ1) is 42.9. The second-order valence-electron chi connectivity index (χ2n) is 26.5. The summed E-state index contributed by atoms with van der Waals surface area (Å²) in [6.07, 6.45) is 3.58. The van der Waals surface area contributed by atoms with E-state index in [1.165, 1.54) is 0 Å². The maximum Gasteiger partial charge on any atom is 0.502 e. The average molecular weight is 1690 g/mol. The molecular weight excluding hydrogens is 1540 g/mol. The third-order valence-corrected chi connectivity index (χ3v) is 55.8. The number of likely N-dealkylation sites (N-methyl/N-ethyl adjacent to an activating group) is 1. The third kappa shape index (κ3) is 22.8. The van der Waals surface area contributed by atoms with Gasteiger partial charge in [0.05, 0.1) is 0 Å². The molecule has 0 saturated heterocycles. The summed E-state index contributed by atoms with van der Waals surface area (Å²) in [6.45, 7) is 8.09. The molecule has 44 heteroatoms. The SMILES string of the molecule is C=CCCl.C=CCN(C)P(=N[P+](N=P(N(C)C)(N(C)C)N(C)C)(N=P(N(C)C)(N(C)C)N(C)C)N=P(N(C)C)(N(C)C)N(C)C)(N(C)C)N(C)C.CN=P(N=P(N=P(N(C)C)(N(C)C)N(C)C)(N=P(N(C)C)(N(C)C)N(C)C)N=P(N(C)C)(N(C)C)N(C)C)(N(C)C)N(C)C.[I-]. The van der Waals surface area contributed by atoms with Gasteiger partial charge >= 0.3 is 15.4 Å². The summed E-state index contributed by atoms with van der Waals surface area (Å²) in [7, 11) is 68.2. The topological polar surface area (TPSA) is 186 Å². The molecule has 0 saturated carbocycles. The van der Waals surface area contributed by atoms with Crippen LogP contribution in [0.5, 0.6) is 0 Å². The quantitative estimate of drug-likeness (QED) is 0.0256. The van der Waals surface area contributed by atoms with Gasteiger partial charge in [-0.15, -0.1) is 24.8 Å². The molecule has 96 heavy (non-hydrogen) atoms. The number of hydrogen-bond donors (Lipinski definition) is 0. The summed E-state index contributed by atoms with van der Waals surface area (Å²) in [4.78, 5) is 0. The summed E-state index contributed by atoms with van der Waals surface area (Å²) in [5.74, 6) is 0.556. The first-order valence-corrected chi connectivity index (χ1v) is 47.3. The van der Waals surface area contributed by atoms with E-state index in [-0.39, 0.29) is 24.0 Å². The zero-order chi connectivity index (χ0) is 76.5. The molecule has 0 N–H and O–H groups in total. The van der Waals surface area contributed by atoms with Crippen LogP contribution in [0.3, 0.4) is 0 Å². The van der Waals surface area contributed by atoms with Crippen LogP contribution in [0.2, 0.25) is 0 Å². The molecule has 580 valence electrons. The van der Waals surface area contributed by atoms with E-state index in [2.05, 4.69) is 410 Å². The summed E-state index contributed by atoms with van der Waals surface area (Å²) in [5, 5.41) is 0. The molecule has 32 nitrogen and oxygen atoms in total. The fourth-order valence-electron chi connectivity index (χ4n) is 11.8. The lowest BCUT2D eigenvalue weighted by Gasteiger charge is -2.46. The summed E-state index contributed by atoms with van der Waals surface area (Å²) >= 11 is 5.07. The average Bonchev–Trinajstić information content (AvgIpc) is 3.42. The van der Waals surface area contributed by atoms with Gasteiger partial charge in [0.2, 0.25) is 37.5 Å². The van der Waals surface area contributed by atoms with Crippen LogP contribution in [-0.2, 0) is 0 Å². The molecule has 0 aliphatic heterocycles. The molecule has 0 amide bonds. The number of alkyl halides is 1. The molecule has 0 atom stereocenters. The van der Waals surface area contributed by atoms with Gasteiger partial charge in [-0.05, 0) is 335 Å². The van der Waals surface area contributed by atoms with Crippen molar-refractivity contribution in [3.8, 4) is 0 Å². The van der Waals surface area contributed by atoms with Gasteiger partial charge in [0, 0.05) is 19.5 Å². The van der Waals surface area contributed by atoms with Gasteiger partial charge in [-0.2, -0.15) is 18.1 Å². The number of allylic oxidation sites excluding steroid dienone is 1. The van der Waals surface area contributed by atoms with Crippen molar-refractivity contribution in [2.45, 2.75) is 0 Å². The van der Waals surface area contributed by atoms with Crippen molar-refractivity contribution in [1.82, 2.24) is 107 Å². The van der Waals surface area contributed by atoms with Gasteiger partial charge in [0.25, 0.3) is 0 Å². The maximum atomic E-state index is 6.15. The molecule has 0 rings (SSSR count). The van der Waals surface area contributed by atoms with Crippen molar-refractivity contribution in [3.63, 3.8) is 0 Å². The molecule has 0 fully saturated rings. The molecule has 0 heterocycles. The minimum atomic E-state index is -3.49. The highest BCUT2D eigenvalue weighted by Gasteiger charge is 2.57. The lowest BCUT2D eigenvalue weighted by Crippen LogP contribution is -3.00. The van der Waals surface area contributed by atoms with Crippen molar-refractivity contribution < 1.29 is 24.0 Å². The van der Waals surface area contributed by atoms with E-state index in [0.717, 1.165) is 0 Å². The number of halogens is 2. The molecule has 0 spiro atoms. The molecule has 0 unspecified atom stereocenters. The Morgan fingerprint density at radius 3 is 0.562 bits per heavy atom. The number of hydrogen-bond acceptors (Lipinski definition) is 5. The van der Waals surface area contributed by atoms with Gasteiger partial charge in [-0.3, -0.25) is 46.8 Å². The van der Waals surface area contributed by atoms with Gasteiger partial charge in [-0.25, -0.2) is 65.4 Å². The zero-order valence-electron chi connectivity index (χ0n) is 69.5. The Morgan fingerprint density at radius 1 is 0.271 bits per heavy atom. The smallest absolute Gasteiger partial charge is 0.502 e. The molecule has 0 aromatic carbocycles. The summed E-state index contributed by atoms with van der Waals surface area (Å²) in [6, 6.07) is 0. The van der Waals surface area contributed by atoms with Crippen molar-refractivity contribution in [2.75, 3.05) is 337 Å². The minimum Gasteiger partial charge on any atom is -1.00 e. The van der Waals surface area contributed by atoms with E-state index >= 15 is 0 Å². The molecule has 0 aromatic heterocycles. The first-order valence-electron chi connectivity index (χ1n) is 30.8. The van der Waals surface area contributed by atoms with Crippen LogP contribution in [0.4, 0.5) is 0 Å². The largest absolute Gasteiger partial charge is 1.00 e. The summed E-state index contributed by atoms with van der Waals surface area (Å²) in [5.41, 5.74) is 0. The fraction of sp³-hybridized carbons (Fsp3) is 0.923. The van der Waals surface area contributed by atoms with E-state index in [1.54, 1.807) is 6.08 Å². The van der Waals surface area contributed by atoms with Crippen LogP contribution in [0.25, 0.3) is 0 Å². The Morgan fingerprint density at radius 2 is 0.438 bits per heavy atom. The Kier molecular flexibility index (Phi) is 47.0. The normalized spacial score (nSPS) is 14.1. The predicted octanol–water partition coefficient (Wildman–Crippen LogP) is 9.68. The highest BCUT2D eigenvalue weighted by Crippen LogP contribution is 2.87. The van der Waals surface area contributed by atoms with Crippen LogP contribution >= 0.6 is 87.0 Å². The highest BCUT2D eigenvalue weighted by molar-refractivity contribution is 7.88. The van der Waals surface area contributed by atoms with Crippen molar-refractivity contribution >= 4 is 87.0 Å². The molecule has 0 aliphatic carbocycles. The van der Waals surface area contributed by atoms with Gasteiger partial charge in [-0.1, -0.05) is 12.2 Å². The lowest BCUT2D eigenvalue weighted by atomic mass is 10.6. The third-order valence-electron chi connectivity index (χ3n) is 15.0. The van der Waals surface area contributed by atoms with Gasteiger partial charge in [0.1, 0.15) is 0 Å². The van der Waals surface area contributed by atoms with Crippen LogP contribution in [0.15, 0.2) is 66.2 Å². The molecule has 0 aromatic rings. The lowest BCUT2D eigenvalue weighted by molar-refractivity contribution is -0.0000229. The van der Waals surface area contributed by atoms with Gasteiger partial charge < -0.3 is 24.0 Å². The van der Waals surface area contributed by atoms with Crippen LogP contribution in [-0.4, -0.2) is 444 Å². The summed E-state index contributed by atoms with van der Waals surface area (Å²) < 4.78 is 105. The molecule has 0 aliphatic rings. The predicted molar refractivity (Wildman–Crippen MR) is 442 cm³/mol. The van der Waals surface area contributed by atoms with Crippen molar-refractivity contribution in [1.29, 1.82) is 0 Å². The van der Waals surface area contributed by atoms with Gasteiger partial charge in [0.15, 0.2) is 22.5 Å². The first kappa shape index (κ1) is 104. The van der Waals surface area contributed by atoms with Crippen LogP contribution < -0.4 is 24.0 Å². The molecular formula is C52H148ClIN32P10.